The highest BCUT2D eigenvalue weighted by atomic mass is 32.2. The van der Waals surface area contributed by atoms with Crippen LogP contribution in [0, 0.1) is 0 Å². The number of rotatable bonds is 6. The van der Waals surface area contributed by atoms with Crippen LogP contribution in [0.25, 0.3) is 0 Å². The van der Waals surface area contributed by atoms with Crippen molar-refractivity contribution in [2.45, 2.75) is 25.9 Å². The standard InChI is InChI=1S/C13H22N4O2S/c1-11(7-9-20(3,18)19)17-13(14-2)16-10-12-6-4-5-8-15-12/h4-6,8,11H,7,9-10H2,1-3H3,(H2,14,16,17). The van der Waals surface area contributed by atoms with Gasteiger partial charge in [0.15, 0.2) is 5.96 Å². The van der Waals surface area contributed by atoms with Crippen LogP contribution in [0.2, 0.25) is 0 Å². The molecule has 0 aliphatic heterocycles. The minimum atomic E-state index is -2.93. The van der Waals surface area contributed by atoms with Gasteiger partial charge in [0.1, 0.15) is 9.84 Å². The summed E-state index contributed by atoms with van der Waals surface area (Å²) >= 11 is 0. The largest absolute Gasteiger partial charge is 0.354 e. The van der Waals surface area contributed by atoms with Gasteiger partial charge >= 0.3 is 0 Å². The Morgan fingerprint density at radius 3 is 2.75 bits per heavy atom. The van der Waals surface area contributed by atoms with E-state index >= 15 is 0 Å². The zero-order chi connectivity index (χ0) is 15.0. The molecule has 0 saturated heterocycles. The van der Waals surface area contributed by atoms with E-state index in [1.165, 1.54) is 6.26 Å². The van der Waals surface area contributed by atoms with E-state index in [2.05, 4.69) is 20.6 Å². The van der Waals surface area contributed by atoms with Crippen LogP contribution >= 0.6 is 0 Å². The van der Waals surface area contributed by atoms with Gasteiger partial charge in [0, 0.05) is 25.5 Å². The summed E-state index contributed by atoms with van der Waals surface area (Å²) in [7, 11) is -1.25. The Morgan fingerprint density at radius 2 is 2.20 bits per heavy atom. The SMILES string of the molecule is CN=C(NCc1ccccn1)NC(C)CCS(C)(=O)=O. The number of pyridine rings is 1. The number of hydrogen-bond acceptors (Lipinski definition) is 4. The quantitative estimate of drug-likeness (QED) is 0.592. The first-order chi connectivity index (χ1) is 9.40. The first-order valence-electron chi connectivity index (χ1n) is 6.45. The van der Waals surface area contributed by atoms with Gasteiger partial charge in [0.25, 0.3) is 0 Å². The molecule has 2 N–H and O–H groups in total. The molecule has 0 amide bonds. The zero-order valence-corrected chi connectivity index (χ0v) is 12.9. The Kier molecular flexibility index (Phi) is 6.44. The summed E-state index contributed by atoms with van der Waals surface area (Å²) < 4.78 is 22.2. The van der Waals surface area contributed by atoms with Gasteiger partial charge in [-0.05, 0) is 25.5 Å². The number of hydrogen-bond donors (Lipinski definition) is 2. The fourth-order valence-corrected chi connectivity index (χ4v) is 2.35. The van der Waals surface area contributed by atoms with Gasteiger partial charge in [0.05, 0.1) is 18.0 Å². The van der Waals surface area contributed by atoms with Gasteiger partial charge in [0.2, 0.25) is 0 Å². The molecule has 0 fully saturated rings. The molecule has 0 radical (unpaired) electrons. The molecule has 0 bridgehead atoms. The smallest absolute Gasteiger partial charge is 0.191 e. The molecule has 1 unspecified atom stereocenters. The van der Waals surface area contributed by atoms with Gasteiger partial charge < -0.3 is 10.6 Å². The van der Waals surface area contributed by atoms with Crippen molar-refractivity contribution in [1.29, 1.82) is 0 Å². The Hall–Kier alpha value is -1.63. The Bertz CT molecular complexity index is 529. The molecule has 1 atom stereocenters. The monoisotopic (exact) mass is 298 g/mol. The molecular weight excluding hydrogens is 276 g/mol. The summed E-state index contributed by atoms with van der Waals surface area (Å²) in [6, 6.07) is 5.74. The molecule has 1 heterocycles. The van der Waals surface area contributed by atoms with Crippen LogP contribution in [0.5, 0.6) is 0 Å². The molecule has 1 aromatic rings. The Labute approximate surface area is 120 Å². The highest BCUT2D eigenvalue weighted by molar-refractivity contribution is 7.90. The highest BCUT2D eigenvalue weighted by Crippen LogP contribution is 1.96. The van der Waals surface area contributed by atoms with Crippen LogP contribution in [0.3, 0.4) is 0 Å². The predicted molar refractivity (Wildman–Crippen MR) is 81.4 cm³/mol. The lowest BCUT2D eigenvalue weighted by Crippen LogP contribution is -2.42. The second-order valence-corrected chi connectivity index (χ2v) is 6.97. The van der Waals surface area contributed by atoms with Crippen molar-refractivity contribution < 1.29 is 8.42 Å². The minimum Gasteiger partial charge on any atom is -0.354 e. The van der Waals surface area contributed by atoms with Crippen molar-refractivity contribution in [3.8, 4) is 0 Å². The Balaban J connectivity index is 2.40. The van der Waals surface area contributed by atoms with Crippen LogP contribution in [0.1, 0.15) is 19.0 Å². The summed E-state index contributed by atoms with van der Waals surface area (Å²) in [6.07, 6.45) is 3.53. The number of nitrogens with zero attached hydrogens (tertiary/aromatic N) is 2. The van der Waals surface area contributed by atoms with Crippen molar-refractivity contribution in [3.05, 3.63) is 30.1 Å². The van der Waals surface area contributed by atoms with E-state index in [0.29, 0.717) is 18.9 Å². The lowest BCUT2D eigenvalue weighted by atomic mass is 10.3. The van der Waals surface area contributed by atoms with Gasteiger partial charge in [-0.3, -0.25) is 9.98 Å². The van der Waals surface area contributed by atoms with E-state index in [-0.39, 0.29) is 11.8 Å². The van der Waals surface area contributed by atoms with Crippen molar-refractivity contribution >= 4 is 15.8 Å². The maximum absolute atomic E-state index is 11.1. The van der Waals surface area contributed by atoms with Crippen LogP contribution in [0.15, 0.2) is 29.4 Å². The molecule has 0 spiro atoms. The van der Waals surface area contributed by atoms with Crippen molar-refractivity contribution in [1.82, 2.24) is 15.6 Å². The maximum Gasteiger partial charge on any atom is 0.191 e. The molecule has 20 heavy (non-hydrogen) atoms. The first-order valence-corrected chi connectivity index (χ1v) is 8.51. The van der Waals surface area contributed by atoms with Crippen molar-refractivity contribution in [3.63, 3.8) is 0 Å². The number of aliphatic imine (C=N–C) groups is 1. The lowest BCUT2D eigenvalue weighted by Gasteiger charge is -2.17. The van der Waals surface area contributed by atoms with E-state index in [1.807, 2.05) is 25.1 Å². The second-order valence-electron chi connectivity index (χ2n) is 4.71. The lowest BCUT2D eigenvalue weighted by molar-refractivity contribution is 0.581. The minimum absolute atomic E-state index is 0.0275. The summed E-state index contributed by atoms with van der Waals surface area (Å²) in [5.41, 5.74) is 0.916. The fraction of sp³-hybridized carbons (Fsp3) is 0.538. The normalized spacial score (nSPS) is 13.8. The molecule has 0 aliphatic carbocycles. The third kappa shape index (κ3) is 7.08. The maximum atomic E-state index is 11.1. The van der Waals surface area contributed by atoms with Crippen LogP contribution in [-0.4, -0.2) is 44.5 Å². The van der Waals surface area contributed by atoms with E-state index in [1.54, 1.807) is 13.2 Å². The molecular formula is C13H22N4O2S. The molecule has 0 aromatic carbocycles. The number of nitrogens with one attached hydrogen (secondary N) is 2. The number of aromatic nitrogens is 1. The first kappa shape index (κ1) is 16.4. The molecule has 1 aromatic heterocycles. The van der Waals surface area contributed by atoms with E-state index in [4.69, 9.17) is 0 Å². The number of guanidine groups is 1. The van der Waals surface area contributed by atoms with Crippen molar-refractivity contribution in [2.75, 3.05) is 19.1 Å². The van der Waals surface area contributed by atoms with Crippen LogP contribution < -0.4 is 10.6 Å². The third-order valence-corrected chi connectivity index (χ3v) is 3.67. The molecule has 0 aliphatic rings. The molecule has 0 saturated carbocycles. The zero-order valence-electron chi connectivity index (χ0n) is 12.1. The fourth-order valence-electron chi connectivity index (χ4n) is 1.57. The summed E-state index contributed by atoms with van der Waals surface area (Å²) in [4.78, 5) is 8.31. The number of sulfone groups is 1. The topological polar surface area (TPSA) is 83.4 Å². The third-order valence-electron chi connectivity index (χ3n) is 2.69. The Morgan fingerprint density at radius 1 is 1.45 bits per heavy atom. The van der Waals surface area contributed by atoms with Gasteiger partial charge in [-0.2, -0.15) is 0 Å². The van der Waals surface area contributed by atoms with Gasteiger partial charge in [-0.25, -0.2) is 8.42 Å². The molecule has 1 rings (SSSR count). The molecule has 7 heteroatoms. The van der Waals surface area contributed by atoms with Crippen LogP contribution in [0.4, 0.5) is 0 Å². The van der Waals surface area contributed by atoms with Gasteiger partial charge in [-0.15, -0.1) is 0 Å². The average molecular weight is 298 g/mol. The van der Waals surface area contributed by atoms with Crippen molar-refractivity contribution in [2.24, 2.45) is 4.99 Å². The predicted octanol–water partition coefficient (Wildman–Crippen LogP) is 0.570. The highest BCUT2D eigenvalue weighted by Gasteiger charge is 2.09. The average Bonchev–Trinajstić information content (AvgIpc) is 2.41. The van der Waals surface area contributed by atoms with E-state index < -0.39 is 9.84 Å². The van der Waals surface area contributed by atoms with E-state index in [0.717, 1.165) is 5.69 Å². The van der Waals surface area contributed by atoms with Crippen LogP contribution in [-0.2, 0) is 16.4 Å². The second kappa shape index (κ2) is 7.84. The van der Waals surface area contributed by atoms with E-state index in [9.17, 15) is 8.42 Å². The summed E-state index contributed by atoms with van der Waals surface area (Å²) in [6.45, 7) is 2.50. The molecule has 112 valence electrons. The van der Waals surface area contributed by atoms with Gasteiger partial charge in [-0.1, -0.05) is 6.07 Å². The summed E-state index contributed by atoms with van der Waals surface area (Å²) in [5, 5.41) is 6.30. The molecule has 6 nitrogen and oxygen atoms in total. The summed E-state index contributed by atoms with van der Waals surface area (Å²) in [5.74, 6) is 0.801.